The second-order valence-corrected chi connectivity index (χ2v) is 7.63. The topological polar surface area (TPSA) is 120 Å². The lowest BCUT2D eigenvalue weighted by atomic mass is 10.1. The molecule has 8 nitrogen and oxygen atoms in total. The van der Waals surface area contributed by atoms with Crippen molar-refractivity contribution in [3.05, 3.63) is 22.7 Å². The van der Waals surface area contributed by atoms with Gasteiger partial charge in [-0.05, 0) is 32.9 Å². The van der Waals surface area contributed by atoms with E-state index in [4.69, 9.17) is 21.6 Å². The highest BCUT2D eigenvalue weighted by molar-refractivity contribution is 6.31. The summed E-state index contributed by atoms with van der Waals surface area (Å²) in [5.74, 6) is 0. The highest BCUT2D eigenvalue weighted by atomic mass is 35.5. The van der Waals surface area contributed by atoms with Crippen molar-refractivity contribution in [1.29, 1.82) is 5.26 Å². The van der Waals surface area contributed by atoms with Crippen LogP contribution in [-0.4, -0.2) is 32.2 Å². The fourth-order valence-electron chi connectivity index (χ4n) is 2.13. The number of amides is 1. The lowest BCUT2D eigenvalue weighted by molar-refractivity contribution is -0.453. The molecular weight excluding hydrogens is 344 g/mol. The summed E-state index contributed by atoms with van der Waals surface area (Å²) in [5, 5.41) is 21.0. The van der Waals surface area contributed by atoms with Gasteiger partial charge in [0.05, 0.1) is 0 Å². The molecule has 2 rings (SSSR count). The van der Waals surface area contributed by atoms with Crippen LogP contribution in [0.1, 0.15) is 33.3 Å². The summed E-state index contributed by atoms with van der Waals surface area (Å²) in [7, 11) is 0. The molecule has 0 aliphatic rings. The maximum Gasteiger partial charge on any atom is 0.407 e. The minimum Gasteiger partial charge on any atom is -0.444 e. The number of hydrogen-bond acceptors (Lipinski definition) is 5. The molecule has 0 spiro atoms. The molecule has 9 heteroatoms. The van der Waals surface area contributed by atoms with E-state index in [1.165, 1.54) is 4.80 Å². The van der Waals surface area contributed by atoms with Crippen molar-refractivity contribution in [2.24, 2.45) is 0 Å². The van der Waals surface area contributed by atoms with Gasteiger partial charge >= 0.3 is 6.09 Å². The molecule has 2 aromatic rings. The summed E-state index contributed by atoms with van der Waals surface area (Å²) in [6, 6.07) is 5.51. The van der Waals surface area contributed by atoms with Crippen molar-refractivity contribution in [3.63, 3.8) is 0 Å². The van der Waals surface area contributed by atoms with Crippen LogP contribution in [0.2, 0.25) is 5.02 Å². The molecule has 134 valence electrons. The fraction of sp³-hybridized carbons (Fsp3) is 0.500. The summed E-state index contributed by atoms with van der Waals surface area (Å²) in [6.07, 6.45) is -0.525. The Morgan fingerprint density at radius 3 is 2.68 bits per heavy atom. The molecule has 0 aliphatic heterocycles. The van der Waals surface area contributed by atoms with E-state index >= 15 is 0 Å². The molecular formula is C16H22ClN6O2+. The van der Waals surface area contributed by atoms with Crippen LogP contribution in [0.4, 0.5) is 4.79 Å². The van der Waals surface area contributed by atoms with E-state index in [9.17, 15) is 4.79 Å². The first-order valence-corrected chi connectivity index (χ1v) is 8.14. The van der Waals surface area contributed by atoms with Gasteiger partial charge in [0, 0.05) is 24.1 Å². The molecule has 0 radical (unpaired) electrons. The van der Waals surface area contributed by atoms with Gasteiger partial charge in [0.15, 0.2) is 5.54 Å². The molecule has 1 aromatic carbocycles. The van der Waals surface area contributed by atoms with Crippen LogP contribution < -0.4 is 11.1 Å². The Balaban J connectivity index is 2.23. The number of hydrogen-bond donors (Lipinski definition) is 2. The Morgan fingerprint density at radius 2 is 2.08 bits per heavy atom. The molecule has 1 atom stereocenters. The number of carbonyl (C=O) groups excluding carboxylic acids is 1. The smallest absolute Gasteiger partial charge is 0.407 e. The largest absolute Gasteiger partial charge is 0.444 e. The number of fused-ring (bicyclic) bond motifs is 1. The van der Waals surface area contributed by atoms with Gasteiger partial charge in [-0.1, -0.05) is 11.6 Å². The number of benzene rings is 1. The first kappa shape index (κ1) is 19.0. The van der Waals surface area contributed by atoms with Gasteiger partial charge < -0.3 is 15.8 Å². The van der Waals surface area contributed by atoms with Crippen molar-refractivity contribution in [3.8, 4) is 6.07 Å². The monoisotopic (exact) mass is 365 g/mol. The van der Waals surface area contributed by atoms with Gasteiger partial charge in [-0.3, -0.25) is 0 Å². The average molecular weight is 366 g/mol. The van der Waals surface area contributed by atoms with Gasteiger partial charge in [0.1, 0.15) is 29.2 Å². The van der Waals surface area contributed by atoms with Crippen molar-refractivity contribution in [2.75, 3.05) is 0 Å². The summed E-state index contributed by atoms with van der Waals surface area (Å²) in [6.45, 7) is 7.53. The molecule has 4 N–H and O–H groups in total. The van der Waals surface area contributed by atoms with Gasteiger partial charge in [-0.15, -0.1) is 0 Å². The minimum atomic E-state index is -0.840. The Kier molecular flexibility index (Phi) is 5.20. The van der Waals surface area contributed by atoms with Gasteiger partial charge in [-0.2, -0.15) is 20.3 Å². The first-order chi connectivity index (χ1) is 11.5. The number of nitrogens with zero attached hydrogens (tertiary/aromatic N) is 4. The Bertz CT molecular complexity index is 831. The number of ether oxygens (including phenoxy) is 1. The van der Waals surface area contributed by atoms with Crippen molar-refractivity contribution < 1.29 is 15.3 Å². The number of rotatable bonds is 4. The zero-order valence-corrected chi connectivity index (χ0v) is 15.5. The third kappa shape index (κ3) is 5.31. The van der Waals surface area contributed by atoms with Crippen LogP contribution in [0, 0.1) is 11.3 Å². The number of halogens is 1. The molecule has 25 heavy (non-hydrogen) atoms. The Labute approximate surface area is 150 Å². The van der Waals surface area contributed by atoms with E-state index in [1.54, 1.807) is 39.8 Å². The maximum absolute atomic E-state index is 11.8. The fourth-order valence-corrected chi connectivity index (χ4v) is 2.36. The molecule has 1 heterocycles. The lowest BCUT2D eigenvalue weighted by Gasteiger charge is -2.19. The number of quaternary nitrogens is 1. The van der Waals surface area contributed by atoms with Crippen molar-refractivity contribution >= 4 is 28.7 Å². The standard InChI is InChI=1S/C16H21ClN6O2/c1-15(2,3)25-14(24)20-7-10-5-11(17)6-12-13(10)22-23(21-12)9-16(4,19)8-18/h5-6H,7,9,19H2,1-4H3,(H,20,24)/p+1. The zero-order valence-electron chi connectivity index (χ0n) is 14.8. The van der Waals surface area contributed by atoms with Gasteiger partial charge in [-0.25, -0.2) is 4.79 Å². The first-order valence-electron chi connectivity index (χ1n) is 7.76. The lowest BCUT2D eigenvalue weighted by Crippen LogP contribution is -2.72. The number of nitriles is 1. The van der Waals surface area contributed by atoms with Crippen LogP contribution in [0.3, 0.4) is 0 Å². The third-order valence-electron chi connectivity index (χ3n) is 3.15. The molecule has 1 amide bonds. The van der Waals surface area contributed by atoms with Crippen LogP contribution in [-0.2, 0) is 17.8 Å². The minimum absolute atomic E-state index is 0.199. The van der Waals surface area contributed by atoms with Crippen LogP contribution >= 0.6 is 11.6 Å². The Morgan fingerprint density at radius 1 is 1.40 bits per heavy atom. The molecule has 0 bridgehead atoms. The highest BCUT2D eigenvalue weighted by Crippen LogP contribution is 2.21. The molecule has 0 fully saturated rings. The molecule has 1 aromatic heterocycles. The molecule has 1 unspecified atom stereocenters. The van der Waals surface area contributed by atoms with E-state index in [0.717, 1.165) is 0 Å². The predicted molar refractivity (Wildman–Crippen MR) is 92.5 cm³/mol. The van der Waals surface area contributed by atoms with E-state index in [1.807, 2.05) is 0 Å². The Hall–Kier alpha value is -2.37. The summed E-state index contributed by atoms with van der Waals surface area (Å²) >= 11 is 6.13. The van der Waals surface area contributed by atoms with E-state index < -0.39 is 17.2 Å². The SMILES string of the molecule is CC([NH3+])(C#N)Cn1nc2cc(Cl)cc(CNC(=O)OC(C)(C)C)c2n1. The van der Waals surface area contributed by atoms with Crippen molar-refractivity contribution in [2.45, 2.75) is 51.9 Å². The molecule has 0 saturated carbocycles. The van der Waals surface area contributed by atoms with Crippen molar-refractivity contribution in [1.82, 2.24) is 20.3 Å². The predicted octanol–water partition coefficient (Wildman–Crippen LogP) is 1.63. The molecule has 0 aliphatic carbocycles. The number of carbonyl (C=O) groups is 1. The quantitative estimate of drug-likeness (QED) is 0.853. The van der Waals surface area contributed by atoms with Crippen LogP contribution in [0.25, 0.3) is 11.0 Å². The maximum atomic E-state index is 11.8. The number of nitrogens with one attached hydrogen (secondary N) is 1. The van der Waals surface area contributed by atoms with Gasteiger partial charge in [0.2, 0.25) is 0 Å². The normalized spacial score (nSPS) is 14.0. The van der Waals surface area contributed by atoms with Gasteiger partial charge in [0.25, 0.3) is 0 Å². The number of alkyl carbamates (subject to hydrolysis) is 1. The second kappa shape index (κ2) is 6.86. The average Bonchev–Trinajstić information content (AvgIpc) is 2.84. The molecule has 0 saturated heterocycles. The van der Waals surface area contributed by atoms with Crippen LogP contribution in [0.15, 0.2) is 12.1 Å². The van der Waals surface area contributed by atoms with Crippen LogP contribution in [0.5, 0.6) is 0 Å². The van der Waals surface area contributed by atoms with E-state index in [2.05, 4.69) is 27.3 Å². The summed E-state index contributed by atoms with van der Waals surface area (Å²) in [5.41, 5.74) is 4.31. The second-order valence-electron chi connectivity index (χ2n) is 7.19. The zero-order chi connectivity index (χ0) is 18.8. The third-order valence-corrected chi connectivity index (χ3v) is 3.37. The van der Waals surface area contributed by atoms with E-state index in [-0.39, 0.29) is 13.1 Å². The number of aromatic nitrogens is 3. The van der Waals surface area contributed by atoms with E-state index in [0.29, 0.717) is 21.6 Å². The summed E-state index contributed by atoms with van der Waals surface area (Å²) < 4.78 is 5.22. The highest BCUT2D eigenvalue weighted by Gasteiger charge is 2.24. The summed E-state index contributed by atoms with van der Waals surface area (Å²) in [4.78, 5) is 13.3.